The smallest absolute Gasteiger partial charge is 0.410 e. The summed E-state index contributed by atoms with van der Waals surface area (Å²) in [5.74, 6) is 2.57. The number of fused-ring (bicyclic) bond motifs is 2. The molecule has 0 saturated carbocycles. The first-order valence-electron chi connectivity index (χ1n) is 12.1. The lowest BCUT2D eigenvalue weighted by molar-refractivity contribution is -0.00164. The zero-order valence-corrected chi connectivity index (χ0v) is 23.7. The fraction of sp³-hybridized carbons (Fsp3) is 0.464. The SMILES string of the molecule is CC(C)(C)OC(=O)N1CCN2Cc3cc(C#CS(C)(C)C)c(-c4c(O)cccc4Cl)c(F)c3OC[C@H]2C1. The van der Waals surface area contributed by atoms with Crippen LogP contribution >= 0.6 is 21.6 Å². The number of ether oxygens (including phenoxy) is 2. The molecule has 2 aliphatic rings. The second-order valence-corrected chi connectivity index (χ2v) is 15.4. The highest BCUT2D eigenvalue weighted by Gasteiger charge is 2.36. The van der Waals surface area contributed by atoms with Gasteiger partial charge in [-0.15, -0.1) is 0 Å². The van der Waals surface area contributed by atoms with Gasteiger partial charge in [0.15, 0.2) is 11.6 Å². The Balaban J connectivity index is 1.73. The van der Waals surface area contributed by atoms with Crippen LogP contribution in [0.3, 0.4) is 0 Å². The van der Waals surface area contributed by atoms with E-state index in [0.717, 1.165) is 0 Å². The van der Waals surface area contributed by atoms with Gasteiger partial charge in [-0.2, -0.15) is 10.0 Å². The number of hydrogen-bond acceptors (Lipinski definition) is 5. The third-order valence-electron chi connectivity index (χ3n) is 6.08. The highest BCUT2D eigenvalue weighted by molar-refractivity contribution is 8.35. The molecule has 2 aromatic rings. The van der Waals surface area contributed by atoms with Crippen molar-refractivity contribution in [1.82, 2.24) is 9.80 Å². The highest BCUT2D eigenvalue weighted by Crippen LogP contribution is 2.44. The molecule has 37 heavy (non-hydrogen) atoms. The van der Waals surface area contributed by atoms with Crippen molar-refractivity contribution >= 4 is 27.7 Å². The van der Waals surface area contributed by atoms with Crippen LogP contribution in [0.25, 0.3) is 11.1 Å². The Morgan fingerprint density at radius 1 is 1.24 bits per heavy atom. The normalized spacial score (nSPS) is 18.5. The number of phenols is 1. The van der Waals surface area contributed by atoms with Crippen LogP contribution in [-0.2, 0) is 11.3 Å². The van der Waals surface area contributed by atoms with Gasteiger partial charge >= 0.3 is 6.09 Å². The molecule has 0 radical (unpaired) electrons. The maximum atomic E-state index is 16.3. The number of amides is 1. The number of piperazine rings is 1. The van der Waals surface area contributed by atoms with Crippen LogP contribution in [0.4, 0.5) is 9.18 Å². The molecule has 4 rings (SSSR count). The van der Waals surface area contributed by atoms with Crippen LogP contribution in [0.1, 0.15) is 31.9 Å². The summed E-state index contributed by atoms with van der Waals surface area (Å²) >= 11 is 6.44. The Morgan fingerprint density at radius 2 is 1.97 bits per heavy atom. The average molecular weight is 549 g/mol. The molecule has 1 fully saturated rings. The molecule has 6 nitrogen and oxygen atoms in total. The highest BCUT2D eigenvalue weighted by atomic mass is 35.5. The van der Waals surface area contributed by atoms with Gasteiger partial charge in [-0.1, -0.05) is 23.6 Å². The summed E-state index contributed by atoms with van der Waals surface area (Å²) in [4.78, 5) is 16.5. The van der Waals surface area contributed by atoms with Crippen LogP contribution in [0.5, 0.6) is 11.5 Å². The number of phenolic OH excluding ortho intramolecular Hbond substituents is 1. The summed E-state index contributed by atoms with van der Waals surface area (Å²) in [6, 6.07) is 6.42. The van der Waals surface area contributed by atoms with Crippen LogP contribution < -0.4 is 4.74 Å². The lowest BCUT2D eigenvalue weighted by Crippen LogP contribution is -2.56. The molecule has 0 aliphatic carbocycles. The zero-order chi connectivity index (χ0) is 27.1. The zero-order valence-electron chi connectivity index (χ0n) is 22.2. The van der Waals surface area contributed by atoms with Crippen molar-refractivity contribution in [2.24, 2.45) is 0 Å². The molecule has 1 atom stereocenters. The van der Waals surface area contributed by atoms with E-state index in [1.807, 2.05) is 26.8 Å². The molecule has 2 aromatic carbocycles. The first-order valence-corrected chi connectivity index (χ1v) is 15.4. The van der Waals surface area contributed by atoms with Crippen LogP contribution in [0, 0.1) is 17.0 Å². The first kappa shape index (κ1) is 27.4. The molecule has 0 spiro atoms. The second kappa shape index (κ2) is 10.3. The molecular weight excluding hydrogens is 515 g/mol. The van der Waals surface area contributed by atoms with E-state index in [4.69, 9.17) is 21.1 Å². The largest absolute Gasteiger partial charge is 0.507 e. The molecule has 1 saturated heterocycles. The van der Waals surface area contributed by atoms with Gasteiger partial charge < -0.3 is 19.5 Å². The molecular formula is C28H34ClFN2O4S. The Kier molecular flexibility index (Phi) is 7.62. The maximum absolute atomic E-state index is 16.3. The van der Waals surface area contributed by atoms with Gasteiger partial charge in [0.05, 0.1) is 11.1 Å². The summed E-state index contributed by atoms with van der Waals surface area (Å²) in [6.45, 7) is 7.70. The Bertz CT molecular complexity index is 1260. The fourth-order valence-electron chi connectivity index (χ4n) is 4.42. The van der Waals surface area contributed by atoms with E-state index in [1.54, 1.807) is 17.0 Å². The Morgan fingerprint density at radius 3 is 2.62 bits per heavy atom. The van der Waals surface area contributed by atoms with E-state index in [2.05, 4.69) is 34.8 Å². The van der Waals surface area contributed by atoms with E-state index in [9.17, 15) is 9.90 Å². The van der Waals surface area contributed by atoms with Crippen molar-refractivity contribution in [3.05, 3.63) is 46.2 Å². The molecule has 9 heteroatoms. The van der Waals surface area contributed by atoms with E-state index >= 15 is 4.39 Å². The first-order chi connectivity index (χ1) is 17.2. The monoisotopic (exact) mass is 548 g/mol. The molecule has 1 N–H and O–H groups in total. The summed E-state index contributed by atoms with van der Waals surface area (Å²) in [5.41, 5.74) is 0.874. The Labute approximate surface area is 225 Å². The van der Waals surface area contributed by atoms with Crippen LogP contribution in [0.15, 0.2) is 24.3 Å². The van der Waals surface area contributed by atoms with E-state index in [0.29, 0.717) is 37.3 Å². The van der Waals surface area contributed by atoms with Crippen molar-refractivity contribution in [2.45, 2.75) is 39.0 Å². The number of benzene rings is 2. The third-order valence-corrected chi connectivity index (χ3v) is 7.11. The van der Waals surface area contributed by atoms with Crippen molar-refractivity contribution in [3.8, 4) is 33.8 Å². The summed E-state index contributed by atoms with van der Waals surface area (Å²) in [6.07, 6.45) is 5.82. The van der Waals surface area contributed by atoms with Crippen molar-refractivity contribution in [3.63, 3.8) is 0 Å². The van der Waals surface area contributed by atoms with E-state index < -0.39 is 21.4 Å². The van der Waals surface area contributed by atoms with Gasteiger partial charge in [-0.25, -0.2) is 9.18 Å². The number of nitrogens with zero attached hydrogens (tertiary/aromatic N) is 2. The van der Waals surface area contributed by atoms with Crippen molar-refractivity contribution < 1.29 is 23.8 Å². The fourth-order valence-corrected chi connectivity index (χ4v) is 5.10. The van der Waals surface area contributed by atoms with Gasteiger partial charge in [0.25, 0.3) is 0 Å². The predicted molar refractivity (Wildman–Crippen MR) is 148 cm³/mol. The topological polar surface area (TPSA) is 62.2 Å². The van der Waals surface area contributed by atoms with Gasteiger partial charge in [-0.05, 0) is 63.0 Å². The number of aromatic hydroxyl groups is 1. The van der Waals surface area contributed by atoms with Crippen LogP contribution in [-0.4, -0.2) is 77.7 Å². The second-order valence-electron chi connectivity index (χ2n) is 11.2. The Hall–Kier alpha value is -2.60. The van der Waals surface area contributed by atoms with Gasteiger partial charge in [0, 0.05) is 48.4 Å². The minimum absolute atomic E-state index is 0.126. The standard InChI is InChI=1S/C28H34ClFN2O4S/c1-28(2,3)36-27(34)32-12-11-31-15-19-14-18(10-13-37(4,5)6)23(24-21(29)8-7-9-22(24)33)25(30)26(19)35-17-20(31)16-32/h7-9,14,20,33H,11-12,15-17H2,1-6H3/t20-/m1/s1. The number of hydrogen-bond donors (Lipinski definition) is 1. The van der Waals surface area contributed by atoms with E-state index in [-0.39, 0.29) is 46.4 Å². The minimum atomic E-state index is -1.20. The number of rotatable bonds is 1. The summed E-state index contributed by atoms with van der Waals surface area (Å²) in [5, 5.41) is 14.1. The lowest BCUT2D eigenvalue weighted by Gasteiger charge is -2.40. The lowest BCUT2D eigenvalue weighted by atomic mass is 9.95. The molecule has 2 heterocycles. The molecule has 0 unspecified atom stereocenters. The molecule has 0 aromatic heterocycles. The predicted octanol–water partition coefficient (Wildman–Crippen LogP) is 5.67. The van der Waals surface area contributed by atoms with Gasteiger partial charge in [-0.3, -0.25) is 4.90 Å². The van der Waals surface area contributed by atoms with Crippen molar-refractivity contribution in [2.75, 3.05) is 45.0 Å². The van der Waals surface area contributed by atoms with Gasteiger partial charge in [0.2, 0.25) is 0 Å². The third kappa shape index (κ3) is 6.28. The minimum Gasteiger partial charge on any atom is -0.507 e. The average Bonchev–Trinajstić information content (AvgIpc) is 2.96. The van der Waals surface area contributed by atoms with Gasteiger partial charge in [0.1, 0.15) is 18.0 Å². The van der Waals surface area contributed by atoms with E-state index in [1.165, 1.54) is 6.07 Å². The summed E-state index contributed by atoms with van der Waals surface area (Å²) < 4.78 is 27.9. The summed E-state index contributed by atoms with van der Waals surface area (Å²) in [7, 11) is -1.20. The molecule has 0 bridgehead atoms. The number of halogens is 2. The van der Waals surface area contributed by atoms with Crippen LogP contribution in [0.2, 0.25) is 5.02 Å². The maximum Gasteiger partial charge on any atom is 0.410 e. The molecule has 200 valence electrons. The quantitative estimate of drug-likeness (QED) is 0.465. The molecule has 1 amide bonds. The van der Waals surface area contributed by atoms with Crippen molar-refractivity contribution in [1.29, 1.82) is 0 Å². The number of carbonyl (C=O) groups is 1. The molecule has 2 aliphatic heterocycles. The number of carbonyl (C=O) groups excluding carboxylic acids is 1.